The lowest BCUT2D eigenvalue weighted by Crippen LogP contribution is -2.49. The lowest BCUT2D eigenvalue weighted by Gasteiger charge is -2.38. The van der Waals surface area contributed by atoms with E-state index in [1.807, 2.05) is 42.5 Å². The standard InChI is InChI=1S/C21H20N4O2/c26-20-21(16-6-1-2-7-17(16)23-20)9-5-11-25(14-21)13-15-12-19(24-27-15)18-8-3-4-10-22-18/h1-4,6-8,10,12H,5,9,11,13-14H2,(H,23,26)/t21-/m1/s1. The monoisotopic (exact) mass is 360 g/mol. The molecule has 1 N–H and O–H groups in total. The Labute approximate surface area is 157 Å². The fourth-order valence-electron chi connectivity index (χ4n) is 4.30. The molecule has 1 aromatic carbocycles. The molecule has 0 radical (unpaired) electrons. The summed E-state index contributed by atoms with van der Waals surface area (Å²) in [6.07, 6.45) is 3.60. The highest BCUT2D eigenvalue weighted by Crippen LogP contribution is 2.43. The van der Waals surface area contributed by atoms with Crippen molar-refractivity contribution in [3.63, 3.8) is 0 Å². The summed E-state index contributed by atoms with van der Waals surface area (Å²) >= 11 is 0. The molecule has 0 aliphatic carbocycles. The number of pyridine rings is 1. The number of benzene rings is 1. The Morgan fingerprint density at radius 2 is 2.04 bits per heavy atom. The number of para-hydroxylation sites is 1. The zero-order valence-electron chi connectivity index (χ0n) is 14.9. The van der Waals surface area contributed by atoms with Crippen molar-refractivity contribution in [2.24, 2.45) is 0 Å². The second-order valence-electron chi connectivity index (χ2n) is 7.29. The lowest BCUT2D eigenvalue weighted by molar-refractivity contribution is -0.123. The number of aromatic nitrogens is 2. The quantitative estimate of drug-likeness (QED) is 0.776. The summed E-state index contributed by atoms with van der Waals surface area (Å²) in [6, 6.07) is 15.7. The zero-order valence-corrected chi connectivity index (χ0v) is 14.9. The molecule has 2 aromatic heterocycles. The molecule has 2 aliphatic heterocycles. The maximum Gasteiger partial charge on any atom is 0.236 e. The number of amides is 1. The molecule has 1 spiro atoms. The minimum absolute atomic E-state index is 0.111. The van der Waals surface area contributed by atoms with Crippen LogP contribution >= 0.6 is 0 Å². The predicted molar refractivity (Wildman–Crippen MR) is 101 cm³/mol. The highest BCUT2D eigenvalue weighted by molar-refractivity contribution is 6.06. The molecule has 1 fully saturated rings. The van der Waals surface area contributed by atoms with Crippen LogP contribution in [0.3, 0.4) is 0 Å². The van der Waals surface area contributed by atoms with Crippen LogP contribution in [0.4, 0.5) is 5.69 Å². The second-order valence-corrected chi connectivity index (χ2v) is 7.29. The largest absolute Gasteiger partial charge is 0.359 e. The molecule has 5 rings (SSSR count). The van der Waals surface area contributed by atoms with Crippen LogP contribution in [0, 0.1) is 0 Å². The normalized spacial score (nSPS) is 22.0. The van der Waals surface area contributed by atoms with E-state index in [9.17, 15) is 4.79 Å². The molecule has 1 saturated heterocycles. The van der Waals surface area contributed by atoms with Crippen LogP contribution in [0.2, 0.25) is 0 Å². The summed E-state index contributed by atoms with van der Waals surface area (Å²) in [6.45, 7) is 2.27. The first-order valence-electron chi connectivity index (χ1n) is 9.25. The minimum Gasteiger partial charge on any atom is -0.359 e. The minimum atomic E-state index is -0.460. The molecule has 136 valence electrons. The topological polar surface area (TPSA) is 71.3 Å². The first-order chi connectivity index (χ1) is 13.2. The van der Waals surface area contributed by atoms with Crippen molar-refractivity contribution in [2.75, 3.05) is 18.4 Å². The molecule has 27 heavy (non-hydrogen) atoms. The van der Waals surface area contributed by atoms with Crippen LogP contribution in [-0.2, 0) is 16.8 Å². The SMILES string of the molecule is O=C1Nc2ccccc2[C@]12CCCN(Cc1cc(-c3ccccn3)no1)C2. The third-order valence-electron chi connectivity index (χ3n) is 5.56. The van der Waals surface area contributed by atoms with Gasteiger partial charge < -0.3 is 9.84 Å². The third-order valence-corrected chi connectivity index (χ3v) is 5.56. The highest BCUT2D eigenvalue weighted by Gasteiger charge is 2.48. The molecule has 4 heterocycles. The van der Waals surface area contributed by atoms with Crippen molar-refractivity contribution in [2.45, 2.75) is 24.8 Å². The van der Waals surface area contributed by atoms with Gasteiger partial charge in [-0.2, -0.15) is 0 Å². The number of likely N-dealkylation sites (tertiary alicyclic amines) is 1. The summed E-state index contributed by atoms with van der Waals surface area (Å²) < 4.78 is 5.54. The van der Waals surface area contributed by atoms with E-state index >= 15 is 0 Å². The van der Waals surface area contributed by atoms with Gasteiger partial charge in [-0.25, -0.2) is 0 Å². The summed E-state index contributed by atoms with van der Waals surface area (Å²) in [4.78, 5) is 19.4. The molecular weight excluding hydrogens is 340 g/mol. The number of hydrogen-bond donors (Lipinski definition) is 1. The number of nitrogens with zero attached hydrogens (tertiary/aromatic N) is 3. The second kappa shape index (κ2) is 6.32. The Hall–Kier alpha value is -2.99. The van der Waals surface area contributed by atoms with Gasteiger partial charge in [-0.05, 0) is 43.1 Å². The van der Waals surface area contributed by atoms with E-state index < -0.39 is 5.41 Å². The Kier molecular flexibility index (Phi) is 3.79. The van der Waals surface area contributed by atoms with E-state index in [2.05, 4.69) is 26.4 Å². The van der Waals surface area contributed by atoms with E-state index in [0.717, 1.165) is 47.8 Å². The predicted octanol–water partition coefficient (Wildman–Crippen LogP) is 3.22. The van der Waals surface area contributed by atoms with Crippen molar-refractivity contribution < 1.29 is 9.32 Å². The average molecular weight is 360 g/mol. The third kappa shape index (κ3) is 2.73. The Morgan fingerprint density at radius 1 is 1.15 bits per heavy atom. The van der Waals surface area contributed by atoms with Crippen molar-refractivity contribution in [3.05, 3.63) is 66.1 Å². The van der Waals surface area contributed by atoms with Crippen LogP contribution in [0.15, 0.2) is 59.3 Å². The van der Waals surface area contributed by atoms with E-state index in [4.69, 9.17) is 4.52 Å². The summed E-state index contributed by atoms with van der Waals surface area (Å²) in [5.74, 6) is 0.902. The van der Waals surface area contributed by atoms with Crippen LogP contribution in [-0.4, -0.2) is 34.0 Å². The maximum atomic E-state index is 12.8. The number of rotatable bonds is 3. The fourth-order valence-corrected chi connectivity index (χ4v) is 4.30. The van der Waals surface area contributed by atoms with Crippen molar-refractivity contribution in [1.29, 1.82) is 0 Å². The summed E-state index contributed by atoms with van der Waals surface area (Å²) in [7, 11) is 0. The summed E-state index contributed by atoms with van der Waals surface area (Å²) in [5, 5.41) is 7.21. The number of carbonyl (C=O) groups is 1. The first kappa shape index (κ1) is 16.2. The van der Waals surface area contributed by atoms with Crippen molar-refractivity contribution >= 4 is 11.6 Å². The summed E-state index contributed by atoms with van der Waals surface area (Å²) in [5.41, 5.74) is 3.14. The molecule has 6 nitrogen and oxygen atoms in total. The molecule has 0 saturated carbocycles. The molecular formula is C21H20N4O2. The smallest absolute Gasteiger partial charge is 0.236 e. The number of nitrogens with one attached hydrogen (secondary N) is 1. The Bertz CT molecular complexity index is 985. The number of anilines is 1. The van der Waals surface area contributed by atoms with Gasteiger partial charge in [0.15, 0.2) is 5.76 Å². The molecule has 3 aromatic rings. The van der Waals surface area contributed by atoms with E-state index in [1.165, 1.54) is 0 Å². The van der Waals surface area contributed by atoms with Gasteiger partial charge in [0.05, 0.1) is 17.7 Å². The molecule has 2 aliphatic rings. The number of hydrogen-bond acceptors (Lipinski definition) is 5. The van der Waals surface area contributed by atoms with Gasteiger partial charge >= 0.3 is 0 Å². The first-order valence-corrected chi connectivity index (χ1v) is 9.25. The Morgan fingerprint density at radius 3 is 2.93 bits per heavy atom. The molecule has 0 unspecified atom stereocenters. The van der Waals surface area contributed by atoms with Crippen LogP contribution in [0.25, 0.3) is 11.4 Å². The molecule has 1 amide bonds. The Balaban J connectivity index is 1.37. The van der Waals surface area contributed by atoms with Gasteiger partial charge in [0.2, 0.25) is 5.91 Å². The highest BCUT2D eigenvalue weighted by atomic mass is 16.5. The van der Waals surface area contributed by atoms with Gasteiger partial charge in [-0.15, -0.1) is 0 Å². The van der Waals surface area contributed by atoms with Gasteiger partial charge in [0.25, 0.3) is 0 Å². The molecule has 6 heteroatoms. The van der Waals surface area contributed by atoms with Crippen molar-refractivity contribution in [1.82, 2.24) is 15.0 Å². The van der Waals surface area contributed by atoms with E-state index in [1.54, 1.807) is 6.20 Å². The van der Waals surface area contributed by atoms with Crippen LogP contribution in [0.5, 0.6) is 0 Å². The number of carbonyl (C=O) groups excluding carboxylic acids is 1. The average Bonchev–Trinajstić information content (AvgIpc) is 3.27. The van der Waals surface area contributed by atoms with Gasteiger partial charge in [0.1, 0.15) is 5.69 Å². The molecule has 1 atom stereocenters. The van der Waals surface area contributed by atoms with Gasteiger partial charge in [-0.3, -0.25) is 14.7 Å². The number of fused-ring (bicyclic) bond motifs is 2. The van der Waals surface area contributed by atoms with E-state index in [0.29, 0.717) is 13.1 Å². The maximum absolute atomic E-state index is 12.8. The van der Waals surface area contributed by atoms with Gasteiger partial charge in [0, 0.05) is 24.5 Å². The van der Waals surface area contributed by atoms with Crippen LogP contribution < -0.4 is 5.32 Å². The lowest BCUT2D eigenvalue weighted by atomic mass is 9.75. The number of piperidine rings is 1. The molecule has 0 bridgehead atoms. The zero-order chi connectivity index (χ0) is 18.3. The van der Waals surface area contributed by atoms with Crippen molar-refractivity contribution in [3.8, 4) is 11.4 Å². The van der Waals surface area contributed by atoms with E-state index in [-0.39, 0.29) is 5.91 Å². The van der Waals surface area contributed by atoms with Gasteiger partial charge in [-0.1, -0.05) is 29.4 Å². The van der Waals surface area contributed by atoms with Crippen LogP contribution in [0.1, 0.15) is 24.2 Å². The fraction of sp³-hybridized carbons (Fsp3) is 0.286.